The number of furan rings is 1. The van der Waals surface area contributed by atoms with Crippen LogP contribution in [0.5, 0.6) is 0 Å². The summed E-state index contributed by atoms with van der Waals surface area (Å²) >= 11 is 7.66. The fraction of sp³-hybridized carbons (Fsp3) is 0.143. The van der Waals surface area contributed by atoms with E-state index >= 15 is 0 Å². The highest BCUT2D eigenvalue weighted by Crippen LogP contribution is 2.43. The lowest BCUT2D eigenvalue weighted by atomic mass is 9.94. The Bertz CT molecular complexity index is 1120. The molecule has 1 N–H and O–H groups in total. The Kier molecular flexibility index (Phi) is 5.02. The van der Waals surface area contributed by atoms with Crippen LogP contribution in [0, 0.1) is 12.7 Å². The largest absolute Gasteiger partial charge is 0.503 e. The molecule has 0 aliphatic carbocycles. The van der Waals surface area contributed by atoms with Gasteiger partial charge in [0.15, 0.2) is 11.5 Å². The van der Waals surface area contributed by atoms with Crippen molar-refractivity contribution in [1.29, 1.82) is 0 Å². The number of aliphatic hydroxyl groups is 1. The summed E-state index contributed by atoms with van der Waals surface area (Å²) in [5.41, 5.74) is -0.303. The van der Waals surface area contributed by atoms with Crippen LogP contribution in [0.1, 0.15) is 32.8 Å². The molecule has 1 amide bonds. The van der Waals surface area contributed by atoms with E-state index in [1.54, 1.807) is 13.0 Å². The van der Waals surface area contributed by atoms with Crippen molar-refractivity contribution in [2.24, 2.45) is 0 Å². The molecule has 0 bridgehead atoms. The molecule has 2 aromatic heterocycles. The minimum atomic E-state index is -1.18. The Morgan fingerprint density at radius 2 is 2.07 bits per heavy atom. The SMILES string of the molecule is Cc1ccc(C(=O)C2=C(O)C(=O)N(Cc3cccs3)C2c2c(F)cccc2Cl)o1. The first-order chi connectivity index (χ1) is 13.9. The van der Waals surface area contributed by atoms with E-state index in [9.17, 15) is 19.1 Å². The third-order valence-electron chi connectivity index (χ3n) is 4.69. The predicted octanol–water partition coefficient (Wildman–Crippen LogP) is 5.22. The number of aliphatic hydroxyl groups excluding tert-OH is 1. The monoisotopic (exact) mass is 431 g/mol. The van der Waals surface area contributed by atoms with Gasteiger partial charge < -0.3 is 14.4 Å². The molecule has 0 saturated heterocycles. The summed E-state index contributed by atoms with van der Waals surface area (Å²) in [5, 5.41) is 12.5. The number of aryl methyl sites for hydroxylation is 1. The first kappa shape index (κ1) is 19.4. The molecule has 5 nitrogen and oxygen atoms in total. The molecule has 0 fully saturated rings. The van der Waals surface area contributed by atoms with E-state index in [1.165, 1.54) is 40.5 Å². The minimum absolute atomic E-state index is 0.0465. The van der Waals surface area contributed by atoms with E-state index in [4.69, 9.17) is 16.0 Å². The smallest absolute Gasteiger partial charge is 0.290 e. The summed E-state index contributed by atoms with van der Waals surface area (Å²) in [5.74, 6) is -2.43. The third-order valence-corrected chi connectivity index (χ3v) is 5.88. The van der Waals surface area contributed by atoms with Crippen molar-refractivity contribution in [3.8, 4) is 0 Å². The van der Waals surface area contributed by atoms with Crippen molar-refractivity contribution >= 4 is 34.6 Å². The highest BCUT2D eigenvalue weighted by Gasteiger charge is 2.46. The minimum Gasteiger partial charge on any atom is -0.503 e. The zero-order chi connectivity index (χ0) is 20.7. The quantitative estimate of drug-likeness (QED) is 0.562. The number of carbonyl (C=O) groups is 2. The van der Waals surface area contributed by atoms with Gasteiger partial charge in [-0.3, -0.25) is 9.59 Å². The highest BCUT2D eigenvalue weighted by atomic mass is 35.5. The molecule has 1 aliphatic heterocycles. The van der Waals surface area contributed by atoms with Crippen molar-refractivity contribution < 1.29 is 23.5 Å². The predicted molar refractivity (Wildman–Crippen MR) is 106 cm³/mol. The topological polar surface area (TPSA) is 70.8 Å². The highest BCUT2D eigenvalue weighted by molar-refractivity contribution is 7.09. The molecule has 3 aromatic rings. The van der Waals surface area contributed by atoms with Gasteiger partial charge >= 0.3 is 0 Å². The molecule has 1 aromatic carbocycles. The maximum Gasteiger partial charge on any atom is 0.290 e. The number of rotatable bonds is 5. The number of Topliss-reactive ketones (excluding diaryl/α,β-unsaturated/α-hetero) is 1. The van der Waals surface area contributed by atoms with Gasteiger partial charge in [0.25, 0.3) is 5.91 Å². The van der Waals surface area contributed by atoms with Gasteiger partial charge in [-0.05, 0) is 42.6 Å². The number of amides is 1. The van der Waals surface area contributed by atoms with Crippen LogP contribution in [0.15, 0.2) is 63.6 Å². The molecule has 148 valence electrons. The van der Waals surface area contributed by atoms with Gasteiger partial charge in [-0.2, -0.15) is 0 Å². The number of carbonyl (C=O) groups excluding carboxylic acids is 2. The number of ketones is 1. The Balaban J connectivity index is 1.87. The van der Waals surface area contributed by atoms with Crippen LogP contribution in [0.3, 0.4) is 0 Å². The first-order valence-electron chi connectivity index (χ1n) is 8.70. The molecule has 3 heterocycles. The molecular weight excluding hydrogens is 417 g/mol. The van der Waals surface area contributed by atoms with Gasteiger partial charge in [0.2, 0.25) is 5.78 Å². The normalized spacial score (nSPS) is 16.7. The van der Waals surface area contributed by atoms with Gasteiger partial charge in [-0.15, -0.1) is 11.3 Å². The van der Waals surface area contributed by atoms with Gasteiger partial charge in [-0.1, -0.05) is 23.7 Å². The van der Waals surface area contributed by atoms with Crippen molar-refractivity contribution in [2.75, 3.05) is 0 Å². The Hall–Kier alpha value is -2.90. The number of thiophene rings is 1. The molecule has 0 radical (unpaired) electrons. The lowest BCUT2D eigenvalue weighted by molar-refractivity contribution is -0.130. The average molecular weight is 432 g/mol. The lowest BCUT2D eigenvalue weighted by Crippen LogP contribution is -2.31. The molecule has 4 rings (SSSR count). The van der Waals surface area contributed by atoms with E-state index in [0.29, 0.717) is 5.76 Å². The molecule has 0 saturated carbocycles. The Morgan fingerprint density at radius 1 is 1.28 bits per heavy atom. The molecule has 1 unspecified atom stereocenters. The van der Waals surface area contributed by atoms with Crippen LogP contribution < -0.4 is 0 Å². The van der Waals surface area contributed by atoms with Crippen LogP contribution in [-0.2, 0) is 11.3 Å². The maximum absolute atomic E-state index is 14.8. The number of hydrogen-bond donors (Lipinski definition) is 1. The van der Waals surface area contributed by atoms with Crippen molar-refractivity contribution in [3.63, 3.8) is 0 Å². The van der Waals surface area contributed by atoms with Gasteiger partial charge in [0.1, 0.15) is 11.6 Å². The van der Waals surface area contributed by atoms with E-state index in [1.807, 2.05) is 17.5 Å². The summed E-state index contributed by atoms with van der Waals surface area (Å²) in [4.78, 5) is 28.0. The number of halogens is 2. The summed E-state index contributed by atoms with van der Waals surface area (Å²) in [6, 6.07) is 9.59. The number of benzene rings is 1. The van der Waals surface area contributed by atoms with E-state index < -0.39 is 29.3 Å². The zero-order valence-electron chi connectivity index (χ0n) is 15.2. The second-order valence-electron chi connectivity index (χ2n) is 6.55. The van der Waals surface area contributed by atoms with Crippen molar-refractivity contribution in [3.05, 3.63) is 92.0 Å². The number of hydrogen-bond acceptors (Lipinski definition) is 5. The van der Waals surface area contributed by atoms with E-state index in [0.717, 1.165) is 4.88 Å². The maximum atomic E-state index is 14.8. The van der Waals surface area contributed by atoms with Crippen molar-refractivity contribution in [2.45, 2.75) is 19.5 Å². The van der Waals surface area contributed by atoms with Gasteiger partial charge in [0.05, 0.1) is 18.2 Å². The average Bonchev–Trinajstić information content (AvgIpc) is 3.40. The zero-order valence-corrected chi connectivity index (χ0v) is 16.8. The summed E-state index contributed by atoms with van der Waals surface area (Å²) in [7, 11) is 0. The first-order valence-corrected chi connectivity index (χ1v) is 9.95. The molecule has 1 aliphatic rings. The van der Waals surface area contributed by atoms with E-state index in [2.05, 4.69) is 0 Å². The second kappa shape index (κ2) is 7.50. The van der Waals surface area contributed by atoms with Crippen LogP contribution in [0.4, 0.5) is 4.39 Å². The molecule has 0 spiro atoms. The lowest BCUT2D eigenvalue weighted by Gasteiger charge is -2.27. The fourth-order valence-corrected chi connectivity index (χ4v) is 4.35. The molecular formula is C21H15ClFNO4S. The Labute approximate surface area is 174 Å². The molecule has 1 atom stereocenters. The van der Waals surface area contributed by atoms with Crippen LogP contribution in [0.25, 0.3) is 0 Å². The standard InChI is InChI=1S/C21H15ClFNO4S/c1-11-7-8-15(28-11)19(25)17-18(16-13(22)5-2-6-14(16)23)24(21(27)20(17)26)10-12-4-3-9-29-12/h2-9,18,26H,10H2,1H3. The van der Waals surface area contributed by atoms with E-state index in [-0.39, 0.29) is 28.5 Å². The van der Waals surface area contributed by atoms with Crippen LogP contribution >= 0.6 is 22.9 Å². The third kappa shape index (κ3) is 3.36. The van der Waals surface area contributed by atoms with Gasteiger partial charge in [0, 0.05) is 15.5 Å². The van der Waals surface area contributed by atoms with Crippen LogP contribution in [0.2, 0.25) is 5.02 Å². The Morgan fingerprint density at radius 3 is 2.69 bits per heavy atom. The van der Waals surface area contributed by atoms with Crippen LogP contribution in [-0.4, -0.2) is 21.7 Å². The van der Waals surface area contributed by atoms with Crippen molar-refractivity contribution in [1.82, 2.24) is 4.90 Å². The summed E-state index contributed by atoms with van der Waals surface area (Å²) in [6.07, 6.45) is 0. The fourth-order valence-electron chi connectivity index (χ4n) is 3.38. The molecule has 29 heavy (non-hydrogen) atoms. The van der Waals surface area contributed by atoms with Gasteiger partial charge in [-0.25, -0.2) is 4.39 Å². The summed E-state index contributed by atoms with van der Waals surface area (Å²) < 4.78 is 20.2. The molecule has 8 heteroatoms. The second-order valence-corrected chi connectivity index (χ2v) is 7.99. The number of nitrogens with zero attached hydrogens (tertiary/aromatic N) is 1. The summed E-state index contributed by atoms with van der Waals surface area (Å²) in [6.45, 7) is 1.75.